The molecule has 2 aromatic rings. The lowest BCUT2D eigenvalue weighted by Gasteiger charge is -2.10. The Morgan fingerprint density at radius 3 is 2.89 bits per heavy atom. The maximum Gasteiger partial charge on any atom is 0.220 e. The summed E-state index contributed by atoms with van der Waals surface area (Å²) < 4.78 is 5.67. The van der Waals surface area contributed by atoms with Crippen molar-refractivity contribution in [3.8, 4) is 0 Å². The number of fused-ring (bicyclic) bond motifs is 1. The Kier molecular flexibility index (Phi) is 4.58. The van der Waals surface area contributed by atoms with Gasteiger partial charge in [-0.2, -0.15) is 0 Å². The summed E-state index contributed by atoms with van der Waals surface area (Å²) in [7, 11) is 1.88. The lowest BCUT2D eigenvalue weighted by Crippen LogP contribution is -2.37. The van der Waals surface area contributed by atoms with Crippen molar-refractivity contribution in [1.29, 1.82) is 0 Å². The summed E-state index contributed by atoms with van der Waals surface area (Å²) in [5.74, 6) is 0.917. The Labute approximate surface area is 113 Å². The summed E-state index contributed by atoms with van der Waals surface area (Å²) in [6, 6.07) is 10.2. The number of carbonyl (C=O) groups excluding carboxylic acids is 1. The number of aryl methyl sites for hydroxylation is 1. The third-order valence-electron chi connectivity index (χ3n) is 3.17. The van der Waals surface area contributed by atoms with Crippen LogP contribution in [0.2, 0.25) is 0 Å². The number of rotatable bonds is 6. The minimum Gasteiger partial charge on any atom is -0.461 e. The van der Waals surface area contributed by atoms with Crippen LogP contribution in [0, 0.1) is 0 Å². The van der Waals surface area contributed by atoms with Gasteiger partial charge in [-0.1, -0.05) is 18.2 Å². The second-order valence-electron chi connectivity index (χ2n) is 4.74. The van der Waals surface area contributed by atoms with Gasteiger partial charge < -0.3 is 15.1 Å². The first kappa shape index (κ1) is 13.6. The molecule has 0 bridgehead atoms. The van der Waals surface area contributed by atoms with Gasteiger partial charge in [-0.05, 0) is 26.1 Å². The molecule has 19 heavy (non-hydrogen) atoms. The van der Waals surface area contributed by atoms with Gasteiger partial charge in [0.15, 0.2) is 0 Å². The SMILES string of the molecule is CNC(C)CNC(=O)CCc1cc2ccccc2o1. The van der Waals surface area contributed by atoms with Gasteiger partial charge in [-0.3, -0.25) is 4.79 Å². The van der Waals surface area contributed by atoms with E-state index in [1.54, 1.807) is 0 Å². The number of benzene rings is 1. The van der Waals surface area contributed by atoms with Gasteiger partial charge in [0, 0.05) is 30.8 Å². The van der Waals surface area contributed by atoms with Gasteiger partial charge in [-0.25, -0.2) is 0 Å². The molecule has 0 radical (unpaired) electrons. The highest BCUT2D eigenvalue weighted by Crippen LogP contribution is 2.19. The number of likely N-dealkylation sites (N-methyl/N-ethyl adjacent to an activating group) is 1. The Bertz CT molecular complexity index is 515. The van der Waals surface area contributed by atoms with Crippen LogP contribution in [0.4, 0.5) is 0 Å². The van der Waals surface area contributed by atoms with Gasteiger partial charge in [0.05, 0.1) is 0 Å². The van der Waals surface area contributed by atoms with Crippen LogP contribution in [0.3, 0.4) is 0 Å². The third-order valence-corrected chi connectivity index (χ3v) is 3.17. The minimum absolute atomic E-state index is 0.0579. The molecule has 4 nitrogen and oxygen atoms in total. The highest BCUT2D eigenvalue weighted by Gasteiger charge is 2.07. The van der Waals surface area contributed by atoms with E-state index >= 15 is 0 Å². The molecule has 1 aromatic carbocycles. The fourth-order valence-corrected chi connectivity index (χ4v) is 1.85. The fourth-order valence-electron chi connectivity index (χ4n) is 1.85. The lowest BCUT2D eigenvalue weighted by molar-refractivity contribution is -0.121. The zero-order chi connectivity index (χ0) is 13.7. The van der Waals surface area contributed by atoms with E-state index in [-0.39, 0.29) is 11.9 Å². The predicted molar refractivity (Wildman–Crippen MR) is 76.1 cm³/mol. The molecule has 0 saturated heterocycles. The molecule has 0 saturated carbocycles. The van der Waals surface area contributed by atoms with Crippen LogP contribution in [0.1, 0.15) is 19.1 Å². The fraction of sp³-hybridized carbons (Fsp3) is 0.400. The molecule has 1 aromatic heterocycles. The van der Waals surface area contributed by atoms with Crippen LogP contribution >= 0.6 is 0 Å². The van der Waals surface area contributed by atoms with Crippen LogP contribution in [0.5, 0.6) is 0 Å². The van der Waals surface area contributed by atoms with E-state index in [0.717, 1.165) is 16.7 Å². The van der Waals surface area contributed by atoms with E-state index in [1.165, 1.54) is 0 Å². The van der Waals surface area contributed by atoms with Crippen LogP contribution in [-0.4, -0.2) is 25.5 Å². The molecule has 102 valence electrons. The van der Waals surface area contributed by atoms with Crippen molar-refractivity contribution >= 4 is 16.9 Å². The monoisotopic (exact) mass is 260 g/mol. The normalized spacial score (nSPS) is 12.5. The Morgan fingerprint density at radius 2 is 2.16 bits per heavy atom. The van der Waals surface area contributed by atoms with Gasteiger partial charge in [0.1, 0.15) is 11.3 Å². The van der Waals surface area contributed by atoms with Crippen molar-refractivity contribution < 1.29 is 9.21 Å². The third kappa shape index (κ3) is 3.83. The molecule has 0 fully saturated rings. The smallest absolute Gasteiger partial charge is 0.220 e. The Balaban J connectivity index is 1.83. The summed E-state index contributed by atoms with van der Waals surface area (Å²) >= 11 is 0. The van der Waals surface area contributed by atoms with E-state index in [2.05, 4.69) is 10.6 Å². The highest BCUT2D eigenvalue weighted by atomic mass is 16.3. The first-order chi connectivity index (χ1) is 9.19. The molecule has 4 heteroatoms. The van der Waals surface area contributed by atoms with E-state index in [1.807, 2.05) is 44.3 Å². The van der Waals surface area contributed by atoms with Crippen LogP contribution in [0.15, 0.2) is 34.7 Å². The molecule has 1 heterocycles. The average Bonchev–Trinajstić information content (AvgIpc) is 2.85. The number of nitrogens with one attached hydrogen (secondary N) is 2. The lowest BCUT2D eigenvalue weighted by atomic mass is 10.2. The van der Waals surface area contributed by atoms with E-state index in [0.29, 0.717) is 19.4 Å². The number of carbonyl (C=O) groups is 1. The minimum atomic E-state index is 0.0579. The van der Waals surface area contributed by atoms with E-state index in [9.17, 15) is 4.79 Å². The molecule has 1 atom stereocenters. The Hall–Kier alpha value is -1.81. The number of amides is 1. The van der Waals surface area contributed by atoms with Crippen molar-refractivity contribution in [2.75, 3.05) is 13.6 Å². The second kappa shape index (κ2) is 6.38. The van der Waals surface area contributed by atoms with E-state index in [4.69, 9.17) is 4.42 Å². The topological polar surface area (TPSA) is 54.3 Å². The maximum absolute atomic E-state index is 11.7. The first-order valence-electron chi connectivity index (χ1n) is 6.60. The molecule has 0 aliphatic heterocycles. The summed E-state index contributed by atoms with van der Waals surface area (Å²) in [5.41, 5.74) is 0.877. The van der Waals surface area contributed by atoms with Gasteiger partial charge in [0.25, 0.3) is 0 Å². The van der Waals surface area contributed by atoms with E-state index < -0.39 is 0 Å². The summed E-state index contributed by atoms with van der Waals surface area (Å²) in [6.07, 6.45) is 1.09. The number of furan rings is 1. The number of para-hydroxylation sites is 1. The van der Waals surface area contributed by atoms with Gasteiger partial charge in [0.2, 0.25) is 5.91 Å². The molecular formula is C15H20N2O2. The van der Waals surface area contributed by atoms with Crippen LogP contribution in [-0.2, 0) is 11.2 Å². The zero-order valence-electron chi connectivity index (χ0n) is 11.4. The van der Waals surface area contributed by atoms with Crippen molar-refractivity contribution in [3.63, 3.8) is 0 Å². The van der Waals surface area contributed by atoms with Crippen LogP contribution in [0.25, 0.3) is 11.0 Å². The second-order valence-corrected chi connectivity index (χ2v) is 4.74. The molecule has 0 aliphatic rings. The molecule has 1 unspecified atom stereocenters. The summed E-state index contributed by atoms with van der Waals surface area (Å²) in [6.45, 7) is 2.68. The van der Waals surface area contributed by atoms with Gasteiger partial charge in [-0.15, -0.1) is 0 Å². The Morgan fingerprint density at radius 1 is 1.37 bits per heavy atom. The molecule has 1 amide bonds. The van der Waals surface area contributed by atoms with Crippen molar-refractivity contribution in [2.45, 2.75) is 25.8 Å². The van der Waals surface area contributed by atoms with Gasteiger partial charge >= 0.3 is 0 Å². The number of hydrogen-bond donors (Lipinski definition) is 2. The summed E-state index contributed by atoms with van der Waals surface area (Å²) in [5, 5.41) is 7.06. The van der Waals surface area contributed by atoms with Crippen molar-refractivity contribution in [3.05, 3.63) is 36.1 Å². The largest absolute Gasteiger partial charge is 0.461 e. The molecule has 0 aliphatic carbocycles. The molecule has 2 rings (SSSR count). The van der Waals surface area contributed by atoms with Crippen molar-refractivity contribution in [2.24, 2.45) is 0 Å². The molecule has 0 spiro atoms. The standard InChI is InChI=1S/C15H20N2O2/c1-11(16-2)10-17-15(18)8-7-13-9-12-5-3-4-6-14(12)19-13/h3-6,9,11,16H,7-8,10H2,1-2H3,(H,17,18). The average molecular weight is 260 g/mol. The number of hydrogen-bond acceptors (Lipinski definition) is 3. The quantitative estimate of drug-likeness (QED) is 0.836. The predicted octanol–water partition coefficient (Wildman–Crippen LogP) is 2.09. The molecule has 2 N–H and O–H groups in total. The first-order valence-corrected chi connectivity index (χ1v) is 6.60. The molecular weight excluding hydrogens is 240 g/mol. The summed E-state index contributed by atoms with van der Waals surface area (Å²) in [4.78, 5) is 11.7. The van der Waals surface area contributed by atoms with Crippen molar-refractivity contribution in [1.82, 2.24) is 10.6 Å². The highest BCUT2D eigenvalue weighted by molar-refractivity contribution is 5.78. The zero-order valence-corrected chi connectivity index (χ0v) is 11.4. The maximum atomic E-state index is 11.7. The van der Waals surface area contributed by atoms with Crippen LogP contribution < -0.4 is 10.6 Å².